The van der Waals surface area contributed by atoms with Crippen molar-refractivity contribution in [1.82, 2.24) is 26.1 Å². The third-order valence-electron chi connectivity index (χ3n) is 0.219. The van der Waals surface area contributed by atoms with Gasteiger partial charge in [0, 0.05) is 0 Å². The number of hydrogen-bond donors (Lipinski definition) is 1. The molecule has 1 heterocycles. The van der Waals surface area contributed by atoms with Gasteiger partial charge in [-0.15, -0.1) is 0 Å². The van der Waals surface area contributed by atoms with E-state index in [9.17, 15) is 0 Å². The molecule has 0 aliphatic heterocycles. The van der Waals surface area contributed by atoms with Crippen LogP contribution in [0.2, 0.25) is 0 Å². The number of nitrogens with one attached hydrogen (secondary N) is 1. The van der Waals surface area contributed by atoms with E-state index < -0.39 is 0 Å². The molecule has 6 heavy (non-hydrogen) atoms. The van der Waals surface area contributed by atoms with E-state index in [1.54, 1.807) is 0 Å². The molecule has 0 aliphatic carbocycles. The van der Waals surface area contributed by atoms with Gasteiger partial charge in [-0.3, -0.25) is 0 Å². The molecule has 1 N–H and O–H groups in total. The molecule has 0 amide bonds. The Labute approximate surface area is 77.8 Å². The first-order chi connectivity index (χ1) is 2.50. The van der Waals surface area contributed by atoms with Crippen LogP contribution in [0.4, 0.5) is 0 Å². The average molecular weight is 111 g/mol. The van der Waals surface area contributed by atoms with Gasteiger partial charge in [-0.05, 0) is 20.9 Å². The molecule has 0 bridgehead atoms. The SMILES string of the molecule is [H-].[K+].n1nn[nH]n1. The number of hydrogen-bond acceptors (Lipinski definition) is 4. The van der Waals surface area contributed by atoms with Crippen molar-refractivity contribution in [3.8, 4) is 0 Å². The number of aromatic nitrogens is 5. The zero-order valence-electron chi connectivity index (χ0n) is 4.29. The van der Waals surface area contributed by atoms with E-state index >= 15 is 0 Å². The molecule has 0 unspecified atom stereocenters. The summed E-state index contributed by atoms with van der Waals surface area (Å²) in [5.74, 6) is 0. The Kier molecular flexibility index (Phi) is 4.22. The van der Waals surface area contributed by atoms with Gasteiger partial charge in [-0.1, -0.05) is 0 Å². The van der Waals surface area contributed by atoms with Gasteiger partial charge in [0.2, 0.25) is 0 Å². The van der Waals surface area contributed by atoms with Crippen LogP contribution in [0.15, 0.2) is 0 Å². The number of nitrogens with zero attached hydrogens (tertiary/aromatic N) is 4. The van der Waals surface area contributed by atoms with Crippen LogP contribution in [0, 0.1) is 0 Å². The van der Waals surface area contributed by atoms with Gasteiger partial charge in [-0.25, -0.2) is 0 Å². The van der Waals surface area contributed by atoms with Crippen LogP contribution >= 0.6 is 0 Å². The summed E-state index contributed by atoms with van der Waals surface area (Å²) in [5, 5.41) is 14.5. The summed E-state index contributed by atoms with van der Waals surface area (Å²) in [6.07, 6.45) is 0. The normalized spacial score (nSPS) is 6.67. The minimum absolute atomic E-state index is 0. The van der Waals surface area contributed by atoms with Gasteiger partial charge >= 0.3 is 51.4 Å². The third-order valence-corrected chi connectivity index (χ3v) is 0.219. The molecular formula is H2KN5. The van der Waals surface area contributed by atoms with Crippen molar-refractivity contribution >= 4 is 0 Å². The van der Waals surface area contributed by atoms with Gasteiger partial charge in [0.15, 0.2) is 0 Å². The largest absolute Gasteiger partial charge is 1.00 e. The number of aromatic amines is 1. The maximum atomic E-state index is 3.12. The Morgan fingerprint density at radius 3 is 1.83 bits per heavy atom. The van der Waals surface area contributed by atoms with Gasteiger partial charge in [0.05, 0.1) is 0 Å². The predicted octanol–water partition coefficient (Wildman–Crippen LogP) is -4.29. The fraction of sp³-hybridized carbons (Fsp3) is 0. The molecule has 28 valence electrons. The molecule has 0 aromatic carbocycles. The van der Waals surface area contributed by atoms with Gasteiger partial charge in [-0.2, -0.15) is 5.21 Å². The summed E-state index contributed by atoms with van der Waals surface area (Å²) >= 11 is 0. The van der Waals surface area contributed by atoms with Crippen molar-refractivity contribution in [3.63, 3.8) is 0 Å². The number of rotatable bonds is 0. The van der Waals surface area contributed by atoms with E-state index in [-0.39, 0.29) is 52.8 Å². The molecule has 0 saturated carbocycles. The molecule has 5 nitrogen and oxygen atoms in total. The third kappa shape index (κ3) is 1.93. The molecule has 0 fully saturated rings. The first-order valence-electron chi connectivity index (χ1n) is 1.05. The van der Waals surface area contributed by atoms with E-state index in [0.717, 1.165) is 0 Å². The smallest absolute Gasteiger partial charge is 1.00 e. The van der Waals surface area contributed by atoms with Crippen molar-refractivity contribution < 1.29 is 52.8 Å². The van der Waals surface area contributed by atoms with Crippen LogP contribution in [0.1, 0.15) is 1.43 Å². The van der Waals surface area contributed by atoms with Crippen LogP contribution in [-0.4, -0.2) is 26.1 Å². The average Bonchev–Trinajstić information content (AvgIpc) is 1.76. The van der Waals surface area contributed by atoms with Crippen LogP contribution in [0.3, 0.4) is 0 Å². The van der Waals surface area contributed by atoms with Crippen molar-refractivity contribution in [2.75, 3.05) is 0 Å². The summed E-state index contributed by atoms with van der Waals surface area (Å²) < 4.78 is 0. The summed E-state index contributed by atoms with van der Waals surface area (Å²) in [4.78, 5) is 0. The van der Waals surface area contributed by atoms with Crippen LogP contribution in [0.25, 0.3) is 0 Å². The monoisotopic (exact) mass is 111 g/mol. The van der Waals surface area contributed by atoms with E-state index in [2.05, 4.69) is 26.1 Å². The summed E-state index contributed by atoms with van der Waals surface area (Å²) in [7, 11) is 0. The predicted molar refractivity (Wildman–Crippen MR) is 13.1 cm³/mol. The zero-order valence-corrected chi connectivity index (χ0v) is 6.41. The molecule has 6 heteroatoms. The number of H-pyrrole nitrogens is 1. The van der Waals surface area contributed by atoms with Crippen molar-refractivity contribution in [2.45, 2.75) is 0 Å². The second kappa shape index (κ2) is 3.81. The molecule has 1 aromatic heterocycles. The topological polar surface area (TPSA) is 67.3 Å². The molecule has 0 atom stereocenters. The second-order valence-corrected chi connectivity index (χ2v) is 0.479. The molecule has 0 aliphatic rings. The van der Waals surface area contributed by atoms with Crippen LogP contribution < -0.4 is 51.4 Å². The molecule has 0 spiro atoms. The van der Waals surface area contributed by atoms with Gasteiger partial charge in [0.1, 0.15) is 0 Å². The maximum Gasteiger partial charge on any atom is 1.00 e. The quantitative estimate of drug-likeness (QED) is 0.344. The molecule has 1 rings (SSSR count). The fourth-order valence-electron chi connectivity index (χ4n) is 0.100. The molecule has 0 saturated heterocycles. The Morgan fingerprint density at radius 2 is 1.67 bits per heavy atom. The van der Waals surface area contributed by atoms with Crippen LogP contribution in [0.5, 0.6) is 0 Å². The summed E-state index contributed by atoms with van der Waals surface area (Å²) in [5.41, 5.74) is 0. The van der Waals surface area contributed by atoms with E-state index in [1.807, 2.05) is 0 Å². The summed E-state index contributed by atoms with van der Waals surface area (Å²) in [6.45, 7) is 0. The van der Waals surface area contributed by atoms with E-state index in [0.29, 0.717) is 0 Å². The van der Waals surface area contributed by atoms with E-state index in [4.69, 9.17) is 0 Å². The Balaban J connectivity index is 0. The first kappa shape index (κ1) is 6.64. The fourth-order valence-corrected chi connectivity index (χ4v) is 0.100. The second-order valence-electron chi connectivity index (χ2n) is 0.479. The zero-order chi connectivity index (χ0) is 3.54. The van der Waals surface area contributed by atoms with E-state index in [1.165, 1.54) is 0 Å². The molecule has 1 aromatic rings. The Hall–Kier alpha value is 0.636. The standard InChI is InChI=1S/K.HN5.H/c;1-2-4-5-3-1;/h;(H,1,2,3,4,5);/q+1;;-1. The molecule has 0 radical (unpaired) electrons. The van der Waals surface area contributed by atoms with Crippen LogP contribution in [-0.2, 0) is 0 Å². The first-order valence-corrected chi connectivity index (χ1v) is 1.05. The Morgan fingerprint density at radius 1 is 1.17 bits per heavy atom. The Bertz CT molecular complexity index is 64.6. The van der Waals surface area contributed by atoms with Crippen molar-refractivity contribution in [1.29, 1.82) is 0 Å². The molecular weight excluding hydrogens is 109 g/mol. The minimum Gasteiger partial charge on any atom is -1.00 e. The van der Waals surface area contributed by atoms with Crippen molar-refractivity contribution in [3.05, 3.63) is 0 Å². The van der Waals surface area contributed by atoms with Gasteiger partial charge < -0.3 is 1.43 Å². The van der Waals surface area contributed by atoms with Gasteiger partial charge in [0.25, 0.3) is 0 Å². The van der Waals surface area contributed by atoms with Crippen molar-refractivity contribution in [2.24, 2.45) is 0 Å². The minimum atomic E-state index is 0. The maximum absolute atomic E-state index is 3.12. The summed E-state index contributed by atoms with van der Waals surface area (Å²) in [6, 6.07) is 0.